The van der Waals surface area contributed by atoms with Gasteiger partial charge in [-0.3, -0.25) is 9.59 Å². The number of pyridine rings is 1. The Balaban J connectivity index is 2.65. The number of aliphatic imine (C=N–C) groups is 2. The van der Waals surface area contributed by atoms with Crippen LogP contribution >= 0.6 is 11.8 Å². The highest BCUT2D eigenvalue weighted by molar-refractivity contribution is 8.01. The number of nitrogens with one attached hydrogen (secondary N) is 1. The predicted molar refractivity (Wildman–Crippen MR) is 159 cm³/mol. The number of allylic oxidation sites excluding steroid dienone is 5. The van der Waals surface area contributed by atoms with E-state index in [0.717, 1.165) is 0 Å². The van der Waals surface area contributed by atoms with Crippen molar-refractivity contribution in [1.29, 1.82) is 0 Å². The molecule has 0 radical (unpaired) electrons. The van der Waals surface area contributed by atoms with Gasteiger partial charge in [0, 0.05) is 22.7 Å². The van der Waals surface area contributed by atoms with Crippen molar-refractivity contribution >= 4 is 40.9 Å². The van der Waals surface area contributed by atoms with Crippen molar-refractivity contribution in [2.45, 2.75) is 26.8 Å². The van der Waals surface area contributed by atoms with E-state index in [2.05, 4.69) is 26.9 Å². The van der Waals surface area contributed by atoms with E-state index in [9.17, 15) is 14.0 Å². The Labute approximate surface area is 231 Å². The first-order valence-electron chi connectivity index (χ1n) is 11.8. The number of rotatable bonds is 10. The zero-order chi connectivity index (χ0) is 29.1. The number of nitrogens with zero attached hydrogens (tertiary/aromatic N) is 3. The van der Waals surface area contributed by atoms with Crippen LogP contribution in [0.3, 0.4) is 0 Å². The Morgan fingerprint density at radius 1 is 1.15 bits per heavy atom. The number of nitrogens with two attached hydrogens (primary N) is 3. The monoisotopic (exact) mass is 549 g/mol. The average molecular weight is 550 g/mol. The molecule has 2 aromatic rings. The molecule has 11 heteroatoms. The molecule has 1 aromatic carbocycles. The zero-order valence-corrected chi connectivity index (χ0v) is 23.1. The molecule has 2 amide bonds. The maximum Gasteiger partial charge on any atom is 0.298 e. The summed E-state index contributed by atoms with van der Waals surface area (Å²) in [5.41, 5.74) is 18.4. The summed E-state index contributed by atoms with van der Waals surface area (Å²) in [7, 11) is 0. The van der Waals surface area contributed by atoms with E-state index in [-0.39, 0.29) is 51.8 Å². The first-order chi connectivity index (χ1) is 18.5. The maximum absolute atomic E-state index is 14.8. The van der Waals surface area contributed by atoms with E-state index < -0.39 is 11.7 Å². The number of nitrogen functional groups attached to an aromatic ring is 1. The second kappa shape index (κ2) is 14.4. The van der Waals surface area contributed by atoms with Gasteiger partial charge in [0.2, 0.25) is 0 Å². The van der Waals surface area contributed by atoms with Crippen molar-refractivity contribution in [1.82, 2.24) is 10.3 Å². The van der Waals surface area contributed by atoms with Gasteiger partial charge in [0.25, 0.3) is 11.8 Å². The van der Waals surface area contributed by atoms with E-state index in [1.807, 2.05) is 20.1 Å². The van der Waals surface area contributed by atoms with Crippen LogP contribution in [0.1, 0.15) is 41.6 Å². The molecule has 7 N–H and O–H groups in total. The lowest BCUT2D eigenvalue weighted by Gasteiger charge is -2.11. The number of hydrogen-bond acceptors (Lipinski definition) is 6. The number of benzene rings is 1. The van der Waals surface area contributed by atoms with Gasteiger partial charge in [-0.2, -0.15) is 0 Å². The largest absolute Gasteiger partial charge is 0.397 e. The smallest absolute Gasteiger partial charge is 0.298 e. The minimum atomic E-state index is -0.793. The summed E-state index contributed by atoms with van der Waals surface area (Å²) < 4.78 is 14.8. The molecule has 0 bridgehead atoms. The molecule has 39 heavy (non-hydrogen) atoms. The van der Waals surface area contributed by atoms with Crippen LogP contribution in [-0.2, 0) is 0 Å². The minimum absolute atomic E-state index is 0.0279. The zero-order valence-electron chi connectivity index (χ0n) is 22.2. The Kier molecular flexibility index (Phi) is 11.4. The number of anilines is 1. The van der Waals surface area contributed by atoms with Gasteiger partial charge in [-0.25, -0.2) is 19.4 Å². The van der Waals surface area contributed by atoms with E-state index in [4.69, 9.17) is 17.2 Å². The lowest BCUT2D eigenvalue weighted by molar-refractivity contribution is 0.0942. The maximum atomic E-state index is 14.8. The minimum Gasteiger partial charge on any atom is -0.397 e. The van der Waals surface area contributed by atoms with Crippen molar-refractivity contribution in [2.75, 3.05) is 12.0 Å². The van der Waals surface area contributed by atoms with Gasteiger partial charge >= 0.3 is 0 Å². The predicted octanol–water partition coefficient (Wildman–Crippen LogP) is 4.36. The summed E-state index contributed by atoms with van der Waals surface area (Å²) in [6.45, 7) is 9.18. The molecule has 2 rings (SSSR count). The molecule has 1 aromatic heterocycles. The number of aromatic nitrogens is 1. The second-order valence-electron chi connectivity index (χ2n) is 8.34. The molecule has 1 heterocycles. The highest BCUT2D eigenvalue weighted by Gasteiger charge is 2.18. The number of guanidine groups is 1. The normalized spacial score (nSPS) is 12.5. The molecule has 9 nitrogen and oxygen atoms in total. The number of thioether (sulfide) groups is 1. The first kappa shape index (κ1) is 30.7. The van der Waals surface area contributed by atoms with Crippen molar-refractivity contribution in [3.05, 3.63) is 95.0 Å². The topological polar surface area (TPSA) is 162 Å². The van der Waals surface area contributed by atoms with Gasteiger partial charge in [-0.05, 0) is 74.9 Å². The van der Waals surface area contributed by atoms with Crippen LogP contribution in [0.15, 0.2) is 87.9 Å². The van der Waals surface area contributed by atoms with Crippen LogP contribution in [0, 0.1) is 5.82 Å². The Morgan fingerprint density at radius 2 is 1.87 bits per heavy atom. The lowest BCUT2D eigenvalue weighted by Crippen LogP contribution is -2.30. The standard InChI is InChI=1S/C28H32FN7O2S/c1-6-8-18(24(13-14-39-5)36-28(31)32)22(7-2)35-27(38)25-21(30)11-12-23(34-25)19-15-17(9-10-20(19)29)26(37)33-16(3)4/h6-16H,2,30H2,1,3-5H3,(H,33,37)(H4,31,32,36)/b8-6-,14-13+,24-18-,35-22?. The van der Waals surface area contributed by atoms with Crippen LogP contribution in [0.25, 0.3) is 11.3 Å². The average Bonchev–Trinajstić information content (AvgIpc) is 2.88. The van der Waals surface area contributed by atoms with Crippen molar-refractivity contribution in [3.8, 4) is 11.3 Å². The molecular weight excluding hydrogens is 517 g/mol. The molecule has 0 saturated heterocycles. The summed E-state index contributed by atoms with van der Waals surface area (Å²) in [5, 5.41) is 4.52. The number of hydrogen-bond donors (Lipinski definition) is 4. The SMILES string of the molecule is C=CC(=NC(=O)c1nc(-c2cc(C(=O)NC(C)C)ccc2F)ccc1N)C(/C=C\C)=C(/C=C/SC)N=C(N)N. The van der Waals surface area contributed by atoms with Gasteiger partial charge in [0.1, 0.15) is 5.82 Å². The highest BCUT2D eigenvalue weighted by atomic mass is 32.2. The van der Waals surface area contributed by atoms with Crippen LogP contribution in [0.2, 0.25) is 0 Å². The summed E-state index contributed by atoms with van der Waals surface area (Å²) in [5.74, 6) is -1.97. The van der Waals surface area contributed by atoms with Crippen LogP contribution in [0.4, 0.5) is 10.1 Å². The van der Waals surface area contributed by atoms with Crippen LogP contribution < -0.4 is 22.5 Å². The molecule has 0 spiro atoms. The third kappa shape index (κ3) is 8.50. The molecule has 0 saturated carbocycles. The van der Waals surface area contributed by atoms with Gasteiger partial charge in [0.05, 0.1) is 22.8 Å². The van der Waals surface area contributed by atoms with E-state index in [0.29, 0.717) is 11.3 Å². The molecule has 204 valence electrons. The Bertz CT molecular complexity index is 1400. The quantitative estimate of drug-likeness (QED) is 0.194. The van der Waals surface area contributed by atoms with E-state index >= 15 is 0 Å². The first-order valence-corrected chi connectivity index (χ1v) is 13.1. The number of amides is 2. The fraction of sp³-hybridized carbons (Fsp3) is 0.179. The molecule has 0 fully saturated rings. The summed E-state index contributed by atoms with van der Waals surface area (Å²) in [6.07, 6.45) is 8.31. The highest BCUT2D eigenvalue weighted by Crippen LogP contribution is 2.25. The summed E-state index contributed by atoms with van der Waals surface area (Å²) >= 11 is 1.43. The number of carbonyl (C=O) groups is 2. The molecule has 0 atom stereocenters. The molecule has 0 aliphatic carbocycles. The van der Waals surface area contributed by atoms with Gasteiger partial charge in [-0.1, -0.05) is 18.7 Å². The van der Waals surface area contributed by atoms with E-state index in [1.54, 1.807) is 30.6 Å². The Morgan fingerprint density at radius 3 is 2.46 bits per heavy atom. The van der Waals surface area contributed by atoms with Crippen molar-refractivity contribution < 1.29 is 14.0 Å². The van der Waals surface area contributed by atoms with Crippen LogP contribution in [-0.4, -0.2) is 40.8 Å². The van der Waals surface area contributed by atoms with Crippen LogP contribution in [0.5, 0.6) is 0 Å². The van der Waals surface area contributed by atoms with Gasteiger partial charge in [0.15, 0.2) is 11.7 Å². The summed E-state index contributed by atoms with van der Waals surface area (Å²) in [4.78, 5) is 38.3. The number of carbonyl (C=O) groups excluding carboxylic acids is 2. The Hall–Kier alpha value is -4.51. The number of halogens is 1. The summed E-state index contributed by atoms with van der Waals surface area (Å²) in [6, 6.07) is 6.68. The van der Waals surface area contributed by atoms with Gasteiger partial charge in [-0.15, -0.1) is 11.8 Å². The third-order valence-electron chi connectivity index (χ3n) is 4.97. The van der Waals surface area contributed by atoms with Crippen molar-refractivity contribution in [3.63, 3.8) is 0 Å². The van der Waals surface area contributed by atoms with Gasteiger partial charge < -0.3 is 22.5 Å². The molecular formula is C28H32FN7O2S. The second-order valence-corrected chi connectivity index (χ2v) is 9.08. The van der Waals surface area contributed by atoms with E-state index in [1.165, 1.54) is 48.2 Å². The lowest BCUT2D eigenvalue weighted by atomic mass is 10.0. The fourth-order valence-electron chi connectivity index (χ4n) is 3.31. The third-order valence-corrected chi connectivity index (χ3v) is 5.37. The molecule has 0 unspecified atom stereocenters. The van der Waals surface area contributed by atoms with Crippen molar-refractivity contribution in [2.24, 2.45) is 21.5 Å². The molecule has 0 aliphatic heterocycles. The fourth-order valence-corrected chi connectivity index (χ4v) is 3.57. The molecule has 0 aliphatic rings.